The van der Waals surface area contributed by atoms with E-state index in [0.29, 0.717) is 12.1 Å². The molecule has 0 atom stereocenters. The zero-order valence-electron chi connectivity index (χ0n) is 19.6. The van der Waals surface area contributed by atoms with E-state index < -0.39 is 0 Å². The average Bonchev–Trinajstić information content (AvgIpc) is 2.76. The lowest BCUT2D eigenvalue weighted by atomic mass is 10.1. The molecule has 0 saturated carbocycles. The molecule has 0 aromatic heterocycles. The maximum atomic E-state index is 11.8. The van der Waals surface area contributed by atoms with Crippen LogP contribution in [0.1, 0.15) is 76.6 Å². The standard InChI is InChI=1S/C22H35N3O2.C3H6/c1-5-7-8-9-10-11-14-24-20-13-12-19(22(26)27-4)15-21(20)25-17-23-16-18(3)6-2;1-3-2/h6,12-13,15,17,24H,5,7-11,14,16H2,1-4H3,(H,23,25);3H,1H2,2H3/b18-6+;. The Morgan fingerprint density at radius 3 is 2.43 bits per heavy atom. The van der Waals surface area contributed by atoms with E-state index in [1.165, 1.54) is 44.8 Å². The summed E-state index contributed by atoms with van der Waals surface area (Å²) in [4.78, 5) is 16.2. The highest BCUT2D eigenvalue weighted by Gasteiger charge is 2.09. The van der Waals surface area contributed by atoms with E-state index in [0.717, 1.165) is 24.3 Å². The van der Waals surface area contributed by atoms with Crippen LogP contribution in [0, 0.1) is 0 Å². The van der Waals surface area contributed by atoms with E-state index in [1.54, 1.807) is 24.5 Å². The van der Waals surface area contributed by atoms with Crippen molar-refractivity contribution in [1.82, 2.24) is 0 Å². The second-order valence-corrected chi connectivity index (χ2v) is 7.10. The molecule has 0 amide bonds. The van der Waals surface area contributed by atoms with Crippen LogP contribution >= 0.6 is 0 Å². The van der Waals surface area contributed by atoms with Crippen LogP contribution < -0.4 is 10.6 Å². The molecule has 0 aliphatic heterocycles. The van der Waals surface area contributed by atoms with Gasteiger partial charge in [0.2, 0.25) is 0 Å². The molecule has 1 rings (SSSR count). The van der Waals surface area contributed by atoms with Crippen molar-refractivity contribution in [3.8, 4) is 0 Å². The summed E-state index contributed by atoms with van der Waals surface area (Å²) in [5, 5.41) is 6.65. The molecule has 0 bridgehead atoms. The number of nitrogens with one attached hydrogen (secondary N) is 2. The first-order chi connectivity index (χ1) is 14.5. The zero-order chi connectivity index (χ0) is 22.6. The fraction of sp³-hybridized carbons (Fsp3) is 0.520. The maximum Gasteiger partial charge on any atom is 0.337 e. The summed E-state index contributed by atoms with van der Waals surface area (Å²) in [5.74, 6) is -0.345. The molecule has 0 unspecified atom stereocenters. The Hall–Kier alpha value is -2.56. The molecule has 1 aromatic carbocycles. The predicted molar refractivity (Wildman–Crippen MR) is 132 cm³/mol. The van der Waals surface area contributed by atoms with Crippen LogP contribution in [0.15, 0.2) is 47.5 Å². The molecule has 5 nitrogen and oxygen atoms in total. The summed E-state index contributed by atoms with van der Waals surface area (Å²) in [6.45, 7) is 13.1. The van der Waals surface area contributed by atoms with Crippen molar-refractivity contribution in [3.05, 3.63) is 48.1 Å². The number of unbranched alkanes of at least 4 members (excludes halogenated alkanes) is 5. The second kappa shape index (κ2) is 18.5. The van der Waals surface area contributed by atoms with E-state index in [1.807, 2.05) is 32.9 Å². The van der Waals surface area contributed by atoms with Crippen molar-refractivity contribution < 1.29 is 9.53 Å². The van der Waals surface area contributed by atoms with Crippen molar-refractivity contribution in [2.75, 3.05) is 30.8 Å². The third-order valence-corrected chi connectivity index (χ3v) is 4.43. The third-order valence-electron chi connectivity index (χ3n) is 4.43. The molecule has 0 fully saturated rings. The Morgan fingerprint density at radius 2 is 1.80 bits per heavy atom. The van der Waals surface area contributed by atoms with E-state index >= 15 is 0 Å². The van der Waals surface area contributed by atoms with Crippen LogP contribution in [0.3, 0.4) is 0 Å². The first-order valence-electron chi connectivity index (χ1n) is 10.9. The van der Waals surface area contributed by atoms with Crippen molar-refractivity contribution in [2.45, 2.75) is 66.2 Å². The summed E-state index contributed by atoms with van der Waals surface area (Å²) < 4.78 is 4.82. The number of ether oxygens (including phenoxy) is 1. The molecule has 0 aliphatic carbocycles. The molecule has 2 N–H and O–H groups in total. The Balaban J connectivity index is 0.00000263. The number of methoxy groups -OCH3 is 1. The first-order valence-corrected chi connectivity index (χ1v) is 10.9. The monoisotopic (exact) mass is 415 g/mol. The number of anilines is 2. The molecule has 168 valence electrons. The highest BCUT2D eigenvalue weighted by molar-refractivity contribution is 5.94. The van der Waals surface area contributed by atoms with Gasteiger partial charge in [-0.25, -0.2) is 4.79 Å². The van der Waals surface area contributed by atoms with Crippen molar-refractivity contribution in [3.63, 3.8) is 0 Å². The van der Waals surface area contributed by atoms with Gasteiger partial charge in [-0.05, 0) is 45.4 Å². The van der Waals surface area contributed by atoms with Crippen LogP contribution in [0.2, 0.25) is 0 Å². The molecule has 1 aromatic rings. The van der Waals surface area contributed by atoms with Gasteiger partial charge >= 0.3 is 5.97 Å². The van der Waals surface area contributed by atoms with Crippen molar-refractivity contribution in [2.24, 2.45) is 4.99 Å². The SMILES string of the molecule is C/C=C(\C)CN=CNc1cc(C(=O)OC)ccc1NCCCCCCCC.C=CC. The van der Waals surface area contributed by atoms with Crippen molar-refractivity contribution >= 4 is 23.7 Å². The number of carbonyl (C=O) groups is 1. The molecule has 0 aliphatic rings. The normalized spacial score (nSPS) is 10.9. The zero-order valence-corrected chi connectivity index (χ0v) is 19.6. The van der Waals surface area contributed by atoms with Crippen LogP contribution in [0.4, 0.5) is 11.4 Å². The topological polar surface area (TPSA) is 62.7 Å². The minimum Gasteiger partial charge on any atom is -0.465 e. The van der Waals surface area contributed by atoms with Gasteiger partial charge in [-0.1, -0.05) is 56.8 Å². The summed E-state index contributed by atoms with van der Waals surface area (Å²) in [6.07, 6.45) is 13.0. The van der Waals surface area contributed by atoms with Crippen LogP contribution in [0.5, 0.6) is 0 Å². The Kier molecular flexibility index (Phi) is 16.9. The van der Waals surface area contributed by atoms with E-state index in [-0.39, 0.29) is 5.97 Å². The van der Waals surface area contributed by atoms with Gasteiger partial charge in [-0.15, -0.1) is 6.58 Å². The predicted octanol–water partition coefficient (Wildman–Crippen LogP) is 6.84. The number of rotatable bonds is 13. The van der Waals surface area contributed by atoms with Gasteiger partial charge in [0.15, 0.2) is 0 Å². The summed E-state index contributed by atoms with van der Waals surface area (Å²) in [7, 11) is 1.39. The molecule has 30 heavy (non-hydrogen) atoms. The largest absolute Gasteiger partial charge is 0.465 e. The number of allylic oxidation sites excluding steroid dienone is 2. The van der Waals surface area contributed by atoms with Crippen LogP contribution in [-0.2, 0) is 4.74 Å². The average molecular weight is 416 g/mol. The minimum atomic E-state index is -0.345. The van der Waals surface area contributed by atoms with Gasteiger partial charge in [-0.3, -0.25) is 4.99 Å². The van der Waals surface area contributed by atoms with Crippen LogP contribution in [0.25, 0.3) is 0 Å². The summed E-state index contributed by atoms with van der Waals surface area (Å²) >= 11 is 0. The molecular formula is C25H41N3O2. The number of hydrogen-bond donors (Lipinski definition) is 2. The Morgan fingerprint density at radius 1 is 1.13 bits per heavy atom. The van der Waals surface area contributed by atoms with Crippen LogP contribution in [-0.4, -0.2) is 32.5 Å². The Labute approximate surface area is 183 Å². The summed E-state index contributed by atoms with van der Waals surface area (Å²) in [5.41, 5.74) is 3.51. The quantitative estimate of drug-likeness (QED) is 0.122. The highest BCUT2D eigenvalue weighted by atomic mass is 16.5. The first kappa shape index (κ1) is 27.4. The molecule has 0 radical (unpaired) electrons. The molecule has 0 spiro atoms. The molecule has 0 heterocycles. The fourth-order valence-electron chi connectivity index (χ4n) is 2.59. The lowest BCUT2D eigenvalue weighted by Crippen LogP contribution is -2.08. The lowest BCUT2D eigenvalue weighted by molar-refractivity contribution is 0.0601. The third kappa shape index (κ3) is 12.8. The lowest BCUT2D eigenvalue weighted by Gasteiger charge is -2.13. The van der Waals surface area contributed by atoms with Crippen molar-refractivity contribution in [1.29, 1.82) is 0 Å². The Bertz CT molecular complexity index is 666. The maximum absolute atomic E-state index is 11.8. The van der Waals surface area contributed by atoms with Gasteiger partial charge in [0.1, 0.15) is 0 Å². The highest BCUT2D eigenvalue weighted by Crippen LogP contribution is 2.23. The molecule has 0 saturated heterocycles. The minimum absolute atomic E-state index is 0.345. The van der Waals surface area contributed by atoms with Gasteiger partial charge in [0.25, 0.3) is 0 Å². The van der Waals surface area contributed by atoms with Gasteiger partial charge in [0.05, 0.1) is 36.9 Å². The number of aliphatic imine (C=N–C) groups is 1. The van der Waals surface area contributed by atoms with Gasteiger partial charge in [-0.2, -0.15) is 0 Å². The van der Waals surface area contributed by atoms with E-state index in [9.17, 15) is 4.79 Å². The number of esters is 1. The smallest absolute Gasteiger partial charge is 0.337 e. The number of hydrogen-bond acceptors (Lipinski definition) is 4. The second-order valence-electron chi connectivity index (χ2n) is 7.10. The fourth-order valence-corrected chi connectivity index (χ4v) is 2.59. The summed E-state index contributed by atoms with van der Waals surface area (Å²) in [6, 6.07) is 5.49. The molecule has 5 heteroatoms. The number of nitrogens with zero attached hydrogens (tertiary/aromatic N) is 1. The number of carbonyl (C=O) groups excluding carboxylic acids is 1. The molecular weight excluding hydrogens is 374 g/mol. The number of benzene rings is 1. The van der Waals surface area contributed by atoms with Gasteiger partial charge in [0, 0.05) is 6.54 Å². The van der Waals surface area contributed by atoms with E-state index in [4.69, 9.17) is 4.74 Å². The van der Waals surface area contributed by atoms with Gasteiger partial charge < -0.3 is 15.4 Å². The van der Waals surface area contributed by atoms with E-state index in [2.05, 4.69) is 29.1 Å².